The van der Waals surface area contributed by atoms with Crippen LogP contribution in [-0.2, 0) is 4.79 Å². The number of ether oxygens (including phenoxy) is 2. The Morgan fingerprint density at radius 3 is 2.15 bits per heavy atom. The molecule has 8 heteroatoms. The number of carbonyl (C=O) groups excluding carboxylic acids is 1. The number of hydrogen-bond donors (Lipinski definition) is 1. The maximum atomic E-state index is 12.8. The fourth-order valence-corrected chi connectivity index (χ4v) is 3.91. The quantitative estimate of drug-likeness (QED) is 0.360. The molecule has 33 heavy (non-hydrogen) atoms. The van der Waals surface area contributed by atoms with Gasteiger partial charge in [0.15, 0.2) is 11.5 Å². The SMILES string of the molecule is COc1ccc(-c2nnc(SCC(=O)NC(c3ccccc3)c3ccccc3)o2)cc1OC. The second kappa shape index (κ2) is 10.7. The van der Waals surface area contributed by atoms with Crippen LogP contribution < -0.4 is 14.8 Å². The van der Waals surface area contributed by atoms with Gasteiger partial charge in [0, 0.05) is 5.56 Å². The highest BCUT2D eigenvalue weighted by Crippen LogP contribution is 2.32. The fourth-order valence-electron chi connectivity index (χ4n) is 3.33. The highest BCUT2D eigenvalue weighted by Gasteiger charge is 2.18. The van der Waals surface area contributed by atoms with Crippen LogP contribution in [0.3, 0.4) is 0 Å². The Morgan fingerprint density at radius 2 is 1.55 bits per heavy atom. The lowest BCUT2D eigenvalue weighted by molar-refractivity contribution is -0.119. The zero-order valence-corrected chi connectivity index (χ0v) is 19.0. The van der Waals surface area contributed by atoms with Crippen molar-refractivity contribution in [1.29, 1.82) is 0 Å². The van der Waals surface area contributed by atoms with Crippen molar-refractivity contribution in [1.82, 2.24) is 15.5 Å². The average Bonchev–Trinajstić information content (AvgIpc) is 3.36. The number of nitrogens with one attached hydrogen (secondary N) is 1. The predicted molar refractivity (Wildman–Crippen MR) is 126 cm³/mol. The van der Waals surface area contributed by atoms with Crippen LogP contribution in [0.5, 0.6) is 11.5 Å². The van der Waals surface area contributed by atoms with Gasteiger partial charge in [0.05, 0.1) is 26.0 Å². The summed E-state index contributed by atoms with van der Waals surface area (Å²) in [6.07, 6.45) is 0. The summed E-state index contributed by atoms with van der Waals surface area (Å²) in [6, 6.07) is 24.8. The van der Waals surface area contributed by atoms with Crippen molar-refractivity contribution in [3.63, 3.8) is 0 Å². The van der Waals surface area contributed by atoms with Crippen LogP contribution in [0.1, 0.15) is 17.2 Å². The third-order valence-electron chi connectivity index (χ3n) is 4.93. The van der Waals surface area contributed by atoms with E-state index in [-0.39, 0.29) is 17.7 Å². The van der Waals surface area contributed by atoms with Gasteiger partial charge in [-0.1, -0.05) is 72.4 Å². The smallest absolute Gasteiger partial charge is 0.277 e. The van der Waals surface area contributed by atoms with Gasteiger partial charge in [-0.3, -0.25) is 4.79 Å². The minimum Gasteiger partial charge on any atom is -0.493 e. The topological polar surface area (TPSA) is 86.5 Å². The van der Waals surface area contributed by atoms with E-state index in [1.54, 1.807) is 32.4 Å². The average molecular weight is 462 g/mol. The van der Waals surface area contributed by atoms with Gasteiger partial charge in [0.1, 0.15) is 0 Å². The molecule has 0 aliphatic heterocycles. The molecule has 0 spiro atoms. The zero-order chi connectivity index (χ0) is 23.0. The molecule has 0 unspecified atom stereocenters. The molecule has 0 radical (unpaired) electrons. The highest BCUT2D eigenvalue weighted by molar-refractivity contribution is 7.99. The maximum absolute atomic E-state index is 12.8. The number of amides is 1. The van der Waals surface area contributed by atoms with Gasteiger partial charge in [0.25, 0.3) is 5.22 Å². The predicted octanol–water partition coefficient (Wildman–Crippen LogP) is 4.75. The minimum absolute atomic E-state index is 0.136. The van der Waals surface area contributed by atoms with Crippen molar-refractivity contribution in [2.45, 2.75) is 11.3 Å². The van der Waals surface area contributed by atoms with E-state index in [2.05, 4.69) is 15.5 Å². The summed E-state index contributed by atoms with van der Waals surface area (Å²) in [5.41, 5.74) is 2.72. The van der Waals surface area contributed by atoms with Gasteiger partial charge in [-0.05, 0) is 29.3 Å². The number of rotatable bonds is 9. The monoisotopic (exact) mass is 461 g/mol. The first-order chi connectivity index (χ1) is 16.2. The van der Waals surface area contributed by atoms with E-state index in [0.717, 1.165) is 11.1 Å². The van der Waals surface area contributed by atoms with E-state index in [9.17, 15) is 4.79 Å². The molecule has 0 aliphatic carbocycles. The van der Waals surface area contributed by atoms with Crippen LogP contribution in [0.25, 0.3) is 11.5 Å². The summed E-state index contributed by atoms with van der Waals surface area (Å²) in [5.74, 6) is 1.52. The molecule has 4 aromatic rings. The van der Waals surface area contributed by atoms with Crippen molar-refractivity contribution in [2.24, 2.45) is 0 Å². The van der Waals surface area contributed by atoms with Crippen molar-refractivity contribution in [3.8, 4) is 23.0 Å². The number of benzene rings is 3. The zero-order valence-electron chi connectivity index (χ0n) is 18.2. The van der Waals surface area contributed by atoms with Crippen LogP contribution in [-0.4, -0.2) is 36.1 Å². The molecule has 1 heterocycles. The van der Waals surface area contributed by atoms with Crippen LogP contribution in [0, 0.1) is 0 Å². The van der Waals surface area contributed by atoms with Crippen LogP contribution in [0.15, 0.2) is 88.5 Å². The summed E-state index contributed by atoms with van der Waals surface area (Å²) in [7, 11) is 3.14. The summed E-state index contributed by atoms with van der Waals surface area (Å²) in [4.78, 5) is 12.8. The van der Waals surface area contributed by atoms with Crippen molar-refractivity contribution in [3.05, 3.63) is 90.0 Å². The van der Waals surface area contributed by atoms with Gasteiger partial charge in [-0.15, -0.1) is 10.2 Å². The molecule has 0 aliphatic rings. The molecule has 0 bridgehead atoms. The lowest BCUT2D eigenvalue weighted by Gasteiger charge is -2.19. The molecule has 1 N–H and O–H groups in total. The Kier molecular flexibility index (Phi) is 7.26. The summed E-state index contributed by atoms with van der Waals surface area (Å²) in [6.45, 7) is 0. The summed E-state index contributed by atoms with van der Waals surface area (Å²) < 4.78 is 16.3. The second-order valence-electron chi connectivity index (χ2n) is 7.05. The third kappa shape index (κ3) is 5.53. The molecule has 4 rings (SSSR count). The van der Waals surface area contributed by atoms with Gasteiger partial charge >= 0.3 is 0 Å². The number of aromatic nitrogens is 2. The molecular formula is C25H23N3O4S. The largest absolute Gasteiger partial charge is 0.493 e. The minimum atomic E-state index is -0.245. The Hall–Kier alpha value is -3.78. The molecule has 3 aromatic carbocycles. The number of thioether (sulfide) groups is 1. The van der Waals surface area contributed by atoms with Gasteiger partial charge < -0.3 is 19.2 Å². The van der Waals surface area contributed by atoms with Crippen molar-refractivity contribution >= 4 is 17.7 Å². The number of hydrogen-bond acceptors (Lipinski definition) is 7. The van der Waals surface area contributed by atoms with E-state index >= 15 is 0 Å². The van der Waals surface area contributed by atoms with E-state index in [1.807, 2.05) is 60.7 Å². The fraction of sp³-hybridized carbons (Fsp3) is 0.160. The van der Waals surface area contributed by atoms with Gasteiger partial charge in [-0.2, -0.15) is 0 Å². The number of methoxy groups -OCH3 is 2. The highest BCUT2D eigenvalue weighted by atomic mass is 32.2. The molecule has 1 amide bonds. The van der Waals surface area contributed by atoms with E-state index in [1.165, 1.54) is 11.8 Å². The molecule has 0 saturated carbocycles. The normalized spacial score (nSPS) is 10.8. The molecule has 0 atom stereocenters. The molecule has 7 nitrogen and oxygen atoms in total. The molecular weight excluding hydrogens is 438 g/mol. The van der Waals surface area contributed by atoms with Crippen molar-refractivity contribution in [2.75, 3.05) is 20.0 Å². The summed E-state index contributed by atoms with van der Waals surface area (Å²) in [5, 5.41) is 11.6. The summed E-state index contributed by atoms with van der Waals surface area (Å²) >= 11 is 1.19. The lowest BCUT2D eigenvalue weighted by Crippen LogP contribution is -2.30. The first-order valence-electron chi connectivity index (χ1n) is 10.3. The molecule has 0 saturated heterocycles. The Morgan fingerprint density at radius 1 is 0.909 bits per heavy atom. The third-order valence-corrected chi connectivity index (χ3v) is 5.75. The van der Waals surface area contributed by atoms with E-state index in [4.69, 9.17) is 13.9 Å². The van der Waals surface area contributed by atoms with Crippen LogP contribution in [0.4, 0.5) is 0 Å². The van der Waals surface area contributed by atoms with Gasteiger partial charge in [0.2, 0.25) is 11.8 Å². The molecule has 1 aromatic heterocycles. The van der Waals surface area contributed by atoms with Gasteiger partial charge in [-0.25, -0.2) is 0 Å². The molecule has 168 valence electrons. The molecule has 0 fully saturated rings. The standard InChI is InChI=1S/C25H23N3O4S/c1-30-20-14-13-19(15-21(20)31-2)24-27-28-25(32-24)33-16-22(29)26-23(17-9-5-3-6-10-17)18-11-7-4-8-12-18/h3-15,23H,16H2,1-2H3,(H,26,29). The van der Waals surface area contributed by atoms with E-state index in [0.29, 0.717) is 28.2 Å². The van der Waals surface area contributed by atoms with Crippen LogP contribution in [0.2, 0.25) is 0 Å². The number of carbonyl (C=O) groups is 1. The van der Waals surface area contributed by atoms with E-state index < -0.39 is 0 Å². The Labute approximate surface area is 196 Å². The van der Waals surface area contributed by atoms with Crippen molar-refractivity contribution < 1.29 is 18.7 Å². The Balaban J connectivity index is 1.42. The number of nitrogens with zero attached hydrogens (tertiary/aromatic N) is 2. The van der Waals surface area contributed by atoms with Crippen LogP contribution >= 0.6 is 11.8 Å². The second-order valence-corrected chi connectivity index (χ2v) is 7.98. The first-order valence-corrected chi connectivity index (χ1v) is 11.2. The maximum Gasteiger partial charge on any atom is 0.277 e. The Bertz CT molecular complexity index is 1160. The lowest BCUT2D eigenvalue weighted by atomic mass is 9.99. The first kappa shape index (κ1) is 22.4.